The number of hydrogen-bond acceptors (Lipinski definition) is 9. The van der Waals surface area contributed by atoms with Gasteiger partial charge in [-0.25, -0.2) is 4.79 Å². The molecular weight excluding hydrogens is 384 g/mol. The lowest BCUT2D eigenvalue weighted by Gasteiger charge is -2.19. The van der Waals surface area contributed by atoms with Crippen molar-refractivity contribution in [3.05, 3.63) is 32.6 Å². The largest absolute Gasteiger partial charge is 0.396 e. The highest BCUT2D eigenvalue weighted by molar-refractivity contribution is 8.03. The summed E-state index contributed by atoms with van der Waals surface area (Å²) in [6, 6.07) is 0. The van der Waals surface area contributed by atoms with Crippen LogP contribution in [0.3, 0.4) is 0 Å². The van der Waals surface area contributed by atoms with E-state index in [1.165, 1.54) is 34.3 Å². The van der Waals surface area contributed by atoms with Crippen LogP contribution in [0, 0.1) is 0 Å². The Morgan fingerprint density at radius 1 is 1.27 bits per heavy atom. The molecule has 1 fully saturated rings. The summed E-state index contributed by atoms with van der Waals surface area (Å²) in [5.74, 6) is 1.47. The molecule has 1 saturated heterocycles. The Kier molecular flexibility index (Phi) is 8.67. The third kappa shape index (κ3) is 5.35. The first-order valence-electron chi connectivity index (χ1n) is 8.22. The predicted octanol–water partition coefficient (Wildman–Crippen LogP) is -1.33. The van der Waals surface area contributed by atoms with E-state index in [1.807, 2.05) is 0 Å². The second-order valence-electron chi connectivity index (χ2n) is 5.75. The number of hydrogen-bond donors (Lipinski definition) is 5. The Hall–Kier alpha value is -0.820. The van der Waals surface area contributed by atoms with Crippen LogP contribution in [0.2, 0.25) is 0 Å². The molecule has 1 unspecified atom stereocenters. The van der Waals surface area contributed by atoms with Crippen LogP contribution in [0.5, 0.6) is 0 Å². The van der Waals surface area contributed by atoms with Gasteiger partial charge in [0.25, 0.3) is 5.56 Å². The number of aliphatic hydroxyl groups is 4. The fourth-order valence-corrected chi connectivity index (χ4v) is 4.77. The van der Waals surface area contributed by atoms with Gasteiger partial charge < -0.3 is 25.2 Å². The van der Waals surface area contributed by atoms with Gasteiger partial charge in [0.15, 0.2) is 0 Å². The molecule has 0 aliphatic carbocycles. The van der Waals surface area contributed by atoms with Crippen molar-refractivity contribution in [1.29, 1.82) is 0 Å². The molecule has 148 valence electrons. The van der Waals surface area contributed by atoms with Gasteiger partial charge in [-0.05, 0) is 0 Å². The standard InChI is InChI=1S/C15H24N2O7S2/c18-1-3-25-8-12(26-4-2-19)9-6-17(15(23)16-14(9)22)13-5-10(21)11(7-20)24-13/h6,10-13,18-21H,1-5,7-8H2,(H,16,22,23)/t10-,11+,12?,13+/m0/s1. The van der Waals surface area contributed by atoms with E-state index in [0.717, 1.165) is 0 Å². The second kappa shape index (κ2) is 10.5. The quantitative estimate of drug-likeness (QED) is 0.297. The first-order chi connectivity index (χ1) is 12.5. The zero-order chi connectivity index (χ0) is 19.1. The number of nitrogens with one attached hydrogen (secondary N) is 1. The summed E-state index contributed by atoms with van der Waals surface area (Å²) in [7, 11) is 0. The highest BCUT2D eigenvalue weighted by Crippen LogP contribution is 2.32. The average molecular weight is 408 g/mol. The summed E-state index contributed by atoms with van der Waals surface area (Å²) in [6.45, 7) is -0.386. The molecule has 2 heterocycles. The number of aromatic nitrogens is 2. The molecule has 0 aromatic carbocycles. The molecule has 0 radical (unpaired) electrons. The summed E-state index contributed by atoms with van der Waals surface area (Å²) in [5.41, 5.74) is -0.800. The monoisotopic (exact) mass is 408 g/mol. The Balaban J connectivity index is 2.29. The summed E-state index contributed by atoms with van der Waals surface area (Å²) in [6.07, 6.45) is -0.898. The molecule has 26 heavy (non-hydrogen) atoms. The van der Waals surface area contributed by atoms with Crippen LogP contribution in [0.15, 0.2) is 15.8 Å². The van der Waals surface area contributed by atoms with Gasteiger partial charge in [-0.1, -0.05) is 0 Å². The average Bonchev–Trinajstić information content (AvgIpc) is 2.99. The molecule has 0 spiro atoms. The van der Waals surface area contributed by atoms with Crippen molar-refractivity contribution in [2.75, 3.05) is 37.1 Å². The van der Waals surface area contributed by atoms with Crippen molar-refractivity contribution < 1.29 is 25.2 Å². The molecule has 0 amide bonds. The number of nitrogens with zero attached hydrogens (tertiary/aromatic N) is 1. The minimum absolute atomic E-state index is 0.0221. The first-order valence-corrected chi connectivity index (χ1v) is 10.4. The van der Waals surface area contributed by atoms with Crippen LogP contribution in [0.1, 0.15) is 23.5 Å². The molecule has 1 aromatic heterocycles. The third-order valence-corrected chi connectivity index (χ3v) is 6.44. The van der Waals surface area contributed by atoms with Gasteiger partial charge in [-0.2, -0.15) is 23.5 Å². The highest BCUT2D eigenvalue weighted by atomic mass is 32.2. The van der Waals surface area contributed by atoms with E-state index < -0.39 is 29.7 Å². The van der Waals surface area contributed by atoms with Crippen LogP contribution in [-0.2, 0) is 4.74 Å². The van der Waals surface area contributed by atoms with E-state index in [2.05, 4.69) is 4.98 Å². The van der Waals surface area contributed by atoms with Crippen molar-refractivity contribution in [2.45, 2.75) is 30.1 Å². The molecule has 5 N–H and O–H groups in total. The molecule has 2 rings (SSSR count). The van der Waals surface area contributed by atoms with E-state index in [-0.39, 0.29) is 31.5 Å². The maximum absolute atomic E-state index is 12.3. The van der Waals surface area contributed by atoms with Crippen LogP contribution in [0.25, 0.3) is 0 Å². The van der Waals surface area contributed by atoms with Gasteiger partial charge in [0.2, 0.25) is 0 Å². The van der Waals surface area contributed by atoms with E-state index in [9.17, 15) is 19.8 Å². The number of rotatable bonds is 10. The van der Waals surface area contributed by atoms with Gasteiger partial charge in [-0.3, -0.25) is 14.3 Å². The third-order valence-electron chi connectivity index (χ3n) is 3.95. The Morgan fingerprint density at radius 3 is 2.62 bits per heavy atom. The maximum Gasteiger partial charge on any atom is 0.330 e. The van der Waals surface area contributed by atoms with Crippen LogP contribution in [0.4, 0.5) is 0 Å². The number of thioether (sulfide) groups is 2. The lowest BCUT2D eigenvalue weighted by atomic mass is 10.2. The normalized spacial score (nSPS) is 24.1. The number of H-pyrrole nitrogens is 1. The van der Waals surface area contributed by atoms with Gasteiger partial charge in [0.1, 0.15) is 12.3 Å². The lowest BCUT2D eigenvalue weighted by Crippen LogP contribution is -2.35. The molecule has 0 bridgehead atoms. The van der Waals surface area contributed by atoms with E-state index in [0.29, 0.717) is 22.8 Å². The maximum atomic E-state index is 12.3. The molecule has 11 heteroatoms. The summed E-state index contributed by atoms with van der Waals surface area (Å²) in [5, 5.41) is 36.8. The second-order valence-corrected chi connectivity index (χ2v) is 8.21. The molecule has 1 aliphatic heterocycles. The first kappa shape index (κ1) is 21.5. The molecule has 1 aliphatic rings. The molecular formula is C15H24N2O7S2. The zero-order valence-corrected chi connectivity index (χ0v) is 15.7. The molecule has 4 atom stereocenters. The number of aliphatic hydroxyl groups excluding tert-OH is 4. The van der Waals surface area contributed by atoms with Crippen LogP contribution >= 0.6 is 23.5 Å². The molecule has 0 saturated carbocycles. The minimum atomic E-state index is -0.896. The van der Waals surface area contributed by atoms with Crippen molar-refractivity contribution in [3.8, 4) is 0 Å². The predicted molar refractivity (Wildman–Crippen MR) is 99.6 cm³/mol. The Labute approximate surface area is 158 Å². The van der Waals surface area contributed by atoms with Gasteiger partial charge >= 0.3 is 5.69 Å². The number of aromatic amines is 1. The Bertz CT molecular complexity index is 681. The van der Waals surface area contributed by atoms with Gasteiger partial charge in [-0.15, -0.1) is 0 Å². The van der Waals surface area contributed by atoms with Crippen LogP contribution in [-0.4, -0.2) is 79.3 Å². The zero-order valence-electron chi connectivity index (χ0n) is 14.1. The van der Waals surface area contributed by atoms with E-state index in [1.54, 1.807) is 0 Å². The highest BCUT2D eigenvalue weighted by Gasteiger charge is 2.35. The molecule has 1 aromatic rings. The summed E-state index contributed by atoms with van der Waals surface area (Å²) in [4.78, 5) is 26.7. The minimum Gasteiger partial charge on any atom is -0.396 e. The Morgan fingerprint density at radius 2 is 2.00 bits per heavy atom. The summed E-state index contributed by atoms with van der Waals surface area (Å²) >= 11 is 2.85. The van der Waals surface area contributed by atoms with Crippen molar-refractivity contribution in [1.82, 2.24) is 9.55 Å². The van der Waals surface area contributed by atoms with Gasteiger partial charge in [0, 0.05) is 40.7 Å². The lowest BCUT2D eigenvalue weighted by molar-refractivity contribution is -0.0459. The van der Waals surface area contributed by atoms with Gasteiger partial charge in [0.05, 0.1) is 25.9 Å². The van der Waals surface area contributed by atoms with E-state index >= 15 is 0 Å². The topological polar surface area (TPSA) is 145 Å². The summed E-state index contributed by atoms with van der Waals surface area (Å²) < 4.78 is 6.72. The van der Waals surface area contributed by atoms with E-state index in [4.69, 9.17) is 14.9 Å². The van der Waals surface area contributed by atoms with Crippen LogP contribution < -0.4 is 11.2 Å². The number of ether oxygens (including phenoxy) is 1. The van der Waals surface area contributed by atoms with Crippen molar-refractivity contribution in [2.24, 2.45) is 0 Å². The molecule has 9 nitrogen and oxygen atoms in total. The smallest absolute Gasteiger partial charge is 0.330 e. The fraction of sp³-hybridized carbons (Fsp3) is 0.733. The fourth-order valence-electron chi connectivity index (χ4n) is 2.67. The van der Waals surface area contributed by atoms with Crippen molar-refractivity contribution >= 4 is 23.5 Å². The van der Waals surface area contributed by atoms with Crippen molar-refractivity contribution in [3.63, 3.8) is 0 Å². The SMILES string of the molecule is O=c1[nH]c(=O)n([C@H]2C[C@H](O)[C@@H](CO)O2)cc1C(CSCCO)SCCO.